The van der Waals surface area contributed by atoms with Crippen LogP contribution in [0.2, 0.25) is 0 Å². The molecule has 1 fully saturated rings. The fourth-order valence-electron chi connectivity index (χ4n) is 4.11. The molecule has 0 saturated carbocycles. The molecule has 1 aliphatic heterocycles. The molecule has 0 aliphatic carbocycles. The van der Waals surface area contributed by atoms with Gasteiger partial charge < -0.3 is 14.7 Å². The number of aliphatic hydroxyl groups excluding tert-OH is 1. The first-order valence-corrected chi connectivity index (χ1v) is 11.6. The van der Waals surface area contributed by atoms with Gasteiger partial charge in [0.25, 0.3) is 11.7 Å². The lowest BCUT2D eigenvalue weighted by atomic mass is 9.95. The van der Waals surface area contributed by atoms with Gasteiger partial charge in [0.2, 0.25) is 0 Å². The Morgan fingerprint density at radius 3 is 2.29 bits per heavy atom. The topological polar surface area (TPSA) is 66.8 Å². The minimum Gasteiger partial charge on any atom is -0.507 e. The van der Waals surface area contributed by atoms with Crippen LogP contribution in [0.15, 0.2) is 90.5 Å². The van der Waals surface area contributed by atoms with Crippen molar-refractivity contribution in [3.05, 3.63) is 107 Å². The largest absolute Gasteiger partial charge is 0.507 e. The van der Waals surface area contributed by atoms with E-state index in [2.05, 4.69) is 13.8 Å². The highest BCUT2D eigenvalue weighted by molar-refractivity contribution is 6.46. The maximum absolute atomic E-state index is 13.2. The van der Waals surface area contributed by atoms with E-state index in [-0.39, 0.29) is 17.9 Å². The summed E-state index contributed by atoms with van der Waals surface area (Å²) in [6, 6.07) is 25.1. The van der Waals surface area contributed by atoms with Crippen molar-refractivity contribution < 1.29 is 19.4 Å². The normalized spacial score (nSPS) is 17.4. The highest BCUT2D eigenvalue weighted by Gasteiger charge is 2.46. The highest BCUT2D eigenvalue weighted by atomic mass is 16.5. The second-order valence-electron chi connectivity index (χ2n) is 8.88. The van der Waals surface area contributed by atoms with Crippen LogP contribution in [0.3, 0.4) is 0 Å². The van der Waals surface area contributed by atoms with Gasteiger partial charge in [-0.2, -0.15) is 0 Å². The Morgan fingerprint density at radius 1 is 0.941 bits per heavy atom. The first-order valence-electron chi connectivity index (χ1n) is 11.6. The zero-order chi connectivity index (χ0) is 24.1. The lowest BCUT2D eigenvalue weighted by Gasteiger charge is -2.26. The van der Waals surface area contributed by atoms with E-state index < -0.39 is 17.7 Å². The number of nitrogens with zero attached hydrogens (tertiary/aromatic N) is 1. The number of aliphatic hydroxyl groups is 1. The molecule has 1 aliphatic rings. The van der Waals surface area contributed by atoms with Gasteiger partial charge in [0.15, 0.2) is 0 Å². The van der Waals surface area contributed by atoms with E-state index in [1.54, 1.807) is 24.3 Å². The number of hydrogen-bond acceptors (Lipinski definition) is 4. The van der Waals surface area contributed by atoms with Crippen LogP contribution in [0.5, 0.6) is 5.75 Å². The van der Waals surface area contributed by atoms with Gasteiger partial charge in [0, 0.05) is 12.1 Å². The average Bonchev–Trinajstić information content (AvgIpc) is 3.10. The molecule has 1 atom stereocenters. The van der Waals surface area contributed by atoms with Crippen molar-refractivity contribution in [2.45, 2.75) is 32.9 Å². The maximum Gasteiger partial charge on any atom is 0.295 e. The Bertz CT molecular complexity index is 1190. The highest BCUT2D eigenvalue weighted by Crippen LogP contribution is 2.41. The van der Waals surface area contributed by atoms with Gasteiger partial charge in [-0.3, -0.25) is 9.59 Å². The molecule has 5 nitrogen and oxygen atoms in total. The van der Waals surface area contributed by atoms with Crippen LogP contribution in [0.25, 0.3) is 5.76 Å². The summed E-state index contributed by atoms with van der Waals surface area (Å²) in [6.07, 6.45) is 0.921. The maximum atomic E-state index is 13.2. The summed E-state index contributed by atoms with van der Waals surface area (Å²) in [4.78, 5) is 27.9. The number of ether oxygens (including phenoxy) is 1. The average molecular weight is 456 g/mol. The van der Waals surface area contributed by atoms with E-state index in [0.29, 0.717) is 23.8 Å². The minimum atomic E-state index is -0.728. The van der Waals surface area contributed by atoms with Crippen LogP contribution >= 0.6 is 0 Å². The first kappa shape index (κ1) is 23.3. The van der Waals surface area contributed by atoms with Gasteiger partial charge in [-0.25, -0.2) is 0 Å². The van der Waals surface area contributed by atoms with Crippen molar-refractivity contribution in [2.24, 2.45) is 5.92 Å². The lowest BCUT2D eigenvalue weighted by molar-refractivity contribution is -0.140. The summed E-state index contributed by atoms with van der Waals surface area (Å²) < 4.78 is 5.94. The summed E-state index contributed by atoms with van der Waals surface area (Å²) in [7, 11) is 0. The molecular formula is C29H29NO4. The van der Waals surface area contributed by atoms with Gasteiger partial charge in [0.1, 0.15) is 11.5 Å². The van der Waals surface area contributed by atoms with E-state index in [9.17, 15) is 14.7 Å². The second-order valence-corrected chi connectivity index (χ2v) is 8.88. The van der Waals surface area contributed by atoms with Gasteiger partial charge in [-0.05, 0) is 35.6 Å². The minimum absolute atomic E-state index is 0.0893. The van der Waals surface area contributed by atoms with Crippen LogP contribution in [0, 0.1) is 5.92 Å². The summed E-state index contributed by atoms with van der Waals surface area (Å²) in [5.41, 5.74) is 2.20. The Kier molecular flexibility index (Phi) is 7.12. The molecule has 1 heterocycles. The number of likely N-dealkylation sites (tertiary alicyclic amines) is 1. The molecule has 1 saturated heterocycles. The molecule has 3 aromatic carbocycles. The summed E-state index contributed by atoms with van der Waals surface area (Å²) >= 11 is 0. The molecule has 0 spiro atoms. The number of rotatable bonds is 8. The van der Waals surface area contributed by atoms with Crippen molar-refractivity contribution in [3.8, 4) is 5.75 Å². The number of Topliss-reactive ketones (excluding diaryl/α,β-unsaturated/α-hetero) is 1. The van der Waals surface area contributed by atoms with Crippen molar-refractivity contribution in [1.29, 1.82) is 0 Å². The van der Waals surface area contributed by atoms with Gasteiger partial charge in [-0.1, -0.05) is 86.6 Å². The number of carbonyl (C=O) groups excluding carboxylic acids is 2. The lowest BCUT2D eigenvalue weighted by Crippen LogP contribution is -2.29. The van der Waals surface area contributed by atoms with Crippen LogP contribution in [0.4, 0.5) is 0 Å². The number of benzene rings is 3. The van der Waals surface area contributed by atoms with Crippen molar-refractivity contribution >= 4 is 17.4 Å². The van der Waals surface area contributed by atoms with Crippen LogP contribution < -0.4 is 4.74 Å². The van der Waals surface area contributed by atoms with E-state index >= 15 is 0 Å². The van der Waals surface area contributed by atoms with E-state index in [1.165, 1.54) is 4.90 Å². The van der Waals surface area contributed by atoms with Crippen molar-refractivity contribution in [3.63, 3.8) is 0 Å². The first-order chi connectivity index (χ1) is 16.5. The number of hydrogen-bond donors (Lipinski definition) is 1. The Morgan fingerprint density at radius 2 is 1.62 bits per heavy atom. The Labute approximate surface area is 200 Å². The molecule has 34 heavy (non-hydrogen) atoms. The molecular weight excluding hydrogens is 426 g/mol. The zero-order valence-corrected chi connectivity index (χ0v) is 19.5. The molecule has 0 aromatic heterocycles. The standard InChI is InChI=1S/C29H29NO4/c1-20(2)16-17-34-24-15-9-14-23(18-24)26-25(27(31)22-12-7-4-8-13-22)28(32)29(33)30(26)19-21-10-5-3-6-11-21/h3-15,18,20,26,31H,16-17,19H2,1-2H3. The molecule has 0 radical (unpaired) electrons. The molecule has 174 valence electrons. The third-order valence-electron chi connectivity index (χ3n) is 5.92. The van der Waals surface area contributed by atoms with E-state index in [1.807, 2.05) is 60.7 Å². The van der Waals surface area contributed by atoms with E-state index in [0.717, 1.165) is 17.5 Å². The third kappa shape index (κ3) is 5.04. The molecule has 1 N–H and O–H groups in total. The Balaban J connectivity index is 1.77. The quantitative estimate of drug-likeness (QED) is 0.267. The van der Waals surface area contributed by atoms with Crippen LogP contribution in [-0.2, 0) is 16.1 Å². The molecule has 0 bridgehead atoms. The molecule has 1 unspecified atom stereocenters. The summed E-state index contributed by atoms with van der Waals surface area (Å²) in [5.74, 6) is -0.299. The fourth-order valence-corrected chi connectivity index (χ4v) is 4.11. The predicted octanol–water partition coefficient (Wildman–Crippen LogP) is 5.73. The third-order valence-corrected chi connectivity index (χ3v) is 5.92. The van der Waals surface area contributed by atoms with Gasteiger partial charge >= 0.3 is 0 Å². The van der Waals surface area contributed by atoms with Crippen LogP contribution in [0.1, 0.15) is 43.0 Å². The van der Waals surface area contributed by atoms with Crippen molar-refractivity contribution in [1.82, 2.24) is 4.90 Å². The summed E-state index contributed by atoms with van der Waals surface area (Å²) in [6.45, 7) is 5.11. The smallest absolute Gasteiger partial charge is 0.295 e. The van der Waals surface area contributed by atoms with Crippen LogP contribution in [-0.4, -0.2) is 28.3 Å². The predicted molar refractivity (Wildman–Crippen MR) is 132 cm³/mol. The molecule has 3 aromatic rings. The SMILES string of the molecule is CC(C)CCOc1cccc(C2C(=C(O)c3ccccc3)C(=O)C(=O)N2Cc2ccccc2)c1. The number of carbonyl (C=O) groups is 2. The molecule has 5 heteroatoms. The monoisotopic (exact) mass is 455 g/mol. The number of ketones is 1. The Hall–Kier alpha value is -3.86. The molecule has 4 rings (SSSR count). The molecule has 1 amide bonds. The van der Waals surface area contributed by atoms with E-state index in [4.69, 9.17) is 4.74 Å². The second kappa shape index (κ2) is 10.4. The fraction of sp³-hybridized carbons (Fsp3) is 0.241. The van der Waals surface area contributed by atoms with Gasteiger partial charge in [0.05, 0.1) is 18.2 Å². The zero-order valence-electron chi connectivity index (χ0n) is 19.5. The number of amides is 1. The summed E-state index contributed by atoms with van der Waals surface area (Å²) in [5, 5.41) is 11.1. The van der Waals surface area contributed by atoms with Crippen molar-refractivity contribution in [2.75, 3.05) is 6.61 Å². The van der Waals surface area contributed by atoms with Gasteiger partial charge in [-0.15, -0.1) is 0 Å².